The number of anilines is 1. The number of aryl methyl sites for hydroxylation is 2. The lowest BCUT2D eigenvalue weighted by molar-refractivity contribution is -0.385. The average molecular weight is 386 g/mol. The molecule has 3 N–H and O–H groups in total. The molecule has 2 aromatic rings. The second-order valence-electron chi connectivity index (χ2n) is 6.09. The fourth-order valence-corrected chi connectivity index (χ4v) is 2.65. The molecule has 0 aliphatic rings. The average Bonchev–Trinajstić information content (AvgIpc) is 2.65. The van der Waals surface area contributed by atoms with Crippen molar-refractivity contribution < 1.29 is 9.72 Å². The van der Waals surface area contributed by atoms with Crippen LogP contribution >= 0.6 is 12.2 Å². The molecule has 0 bridgehead atoms. The van der Waals surface area contributed by atoms with Crippen LogP contribution < -0.4 is 16.2 Å². The Morgan fingerprint density at radius 1 is 1.15 bits per heavy atom. The lowest BCUT2D eigenvalue weighted by atomic mass is 10.1. The topological polar surface area (TPSA) is 96.3 Å². The predicted octanol–water partition coefficient (Wildman–Crippen LogP) is 3.88. The Morgan fingerprint density at radius 3 is 2.44 bits per heavy atom. The number of carbonyl (C=O) groups is 1. The maximum absolute atomic E-state index is 12.1. The van der Waals surface area contributed by atoms with Gasteiger partial charge in [0.25, 0.3) is 11.6 Å². The summed E-state index contributed by atoms with van der Waals surface area (Å²) in [5.74, 6) is -0.438. The highest BCUT2D eigenvalue weighted by molar-refractivity contribution is 7.80. The molecule has 0 unspecified atom stereocenters. The predicted molar refractivity (Wildman–Crippen MR) is 110 cm³/mol. The molecule has 0 spiro atoms. The molecule has 0 saturated heterocycles. The SMILES string of the molecule is CCCCc1ccc(NC(=S)NNC(=O)c2ccc([N+](=O)[O-])c(C)c2)cc1. The molecular formula is C19H22N4O3S. The molecular weight excluding hydrogens is 364 g/mol. The number of nitrogens with one attached hydrogen (secondary N) is 3. The lowest BCUT2D eigenvalue weighted by Gasteiger charge is -2.12. The van der Waals surface area contributed by atoms with Crippen LogP contribution in [0, 0.1) is 17.0 Å². The Bertz CT molecular complexity index is 837. The van der Waals surface area contributed by atoms with E-state index >= 15 is 0 Å². The number of benzene rings is 2. The molecule has 2 rings (SSSR count). The summed E-state index contributed by atoms with van der Waals surface area (Å²) in [5, 5.41) is 14.1. The molecule has 7 nitrogen and oxygen atoms in total. The molecule has 0 fully saturated rings. The Kier molecular flexibility index (Phi) is 7.25. The van der Waals surface area contributed by atoms with E-state index in [2.05, 4.69) is 23.1 Å². The van der Waals surface area contributed by atoms with Crippen molar-refractivity contribution in [3.8, 4) is 0 Å². The molecule has 0 heterocycles. The minimum Gasteiger partial charge on any atom is -0.331 e. The fraction of sp³-hybridized carbons (Fsp3) is 0.263. The molecule has 27 heavy (non-hydrogen) atoms. The van der Waals surface area contributed by atoms with E-state index < -0.39 is 10.8 Å². The van der Waals surface area contributed by atoms with Gasteiger partial charge in [0, 0.05) is 22.9 Å². The number of rotatable bonds is 6. The normalized spacial score (nSPS) is 10.1. The van der Waals surface area contributed by atoms with E-state index in [9.17, 15) is 14.9 Å². The highest BCUT2D eigenvalue weighted by atomic mass is 32.1. The van der Waals surface area contributed by atoms with Crippen molar-refractivity contribution in [3.05, 3.63) is 69.3 Å². The van der Waals surface area contributed by atoms with Crippen molar-refractivity contribution in [2.75, 3.05) is 5.32 Å². The maximum Gasteiger partial charge on any atom is 0.272 e. The molecule has 8 heteroatoms. The molecule has 0 radical (unpaired) electrons. The van der Waals surface area contributed by atoms with Crippen LogP contribution in [0.5, 0.6) is 0 Å². The summed E-state index contributed by atoms with van der Waals surface area (Å²) >= 11 is 5.16. The van der Waals surface area contributed by atoms with Crippen LogP contribution in [-0.4, -0.2) is 15.9 Å². The molecule has 0 aliphatic carbocycles. The zero-order valence-corrected chi connectivity index (χ0v) is 16.1. The number of unbranched alkanes of at least 4 members (excludes halogenated alkanes) is 1. The van der Waals surface area contributed by atoms with Gasteiger partial charge in [0.1, 0.15) is 0 Å². The third-order valence-corrected chi connectivity index (χ3v) is 4.18. The first-order valence-corrected chi connectivity index (χ1v) is 9.03. The number of hydrogen-bond acceptors (Lipinski definition) is 4. The highest BCUT2D eigenvalue weighted by Crippen LogP contribution is 2.18. The molecule has 0 saturated carbocycles. The fourth-order valence-electron chi connectivity index (χ4n) is 2.49. The summed E-state index contributed by atoms with van der Waals surface area (Å²) in [5.41, 5.74) is 7.86. The molecule has 1 amide bonds. The monoisotopic (exact) mass is 386 g/mol. The largest absolute Gasteiger partial charge is 0.331 e. The Hall–Kier alpha value is -3.00. The summed E-state index contributed by atoms with van der Waals surface area (Å²) in [7, 11) is 0. The quantitative estimate of drug-likeness (QED) is 0.396. The molecule has 0 atom stereocenters. The first kappa shape index (κ1) is 20.3. The van der Waals surface area contributed by atoms with Crippen molar-refractivity contribution in [1.29, 1.82) is 0 Å². The summed E-state index contributed by atoms with van der Waals surface area (Å²) in [6, 6.07) is 12.1. The van der Waals surface area contributed by atoms with Gasteiger partial charge >= 0.3 is 0 Å². The van der Waals surface area contributed by atoms with Crippen LogP contribution in [-0.2, 0) is 6.42 Å². The number of thiocarbonyl (C=S) groups is 1. The number of amides is 1. The summed E-state index contributed by atoms with van der Waals surface area (Å²) in [4.78, 5) is 22.5. The highest BCUT2D eigenvalue weighted by Gasteiger charge is 2.13. The number of carbonyl (C=O) groups excluding carboxylic acids is 1. The van der Waals surface area contributed by atoms with Gasteiger partial charge in [-0.3, -0.25) is 25.8 Å². The van der Waals surface area contributed by atoms with Crippen LogP contribution in [0.2, 0.25) is 0 Å². The van der Waals surface area contributed by atoms with Gasteiger partial charge in [0.2, 0.25) is 0 Å². The van der Waals surface area contributed by atoms with Gasteiger partial charge in [-0.1, -0.05) is 25.5 Å². The molecule has 0 aromatic heterocycles. The van der Waals surface area contributed by atoms with Gasteiger partial charge in [-0.05, 0) is 61.8 Å². The third kappa shape index (κ3) is 6.03. The van der Waals surface area contributed by atoms with Crippen LogP contribution in [0.1, 0.15) is 41.3 Å². The van der Waals surface area contributed by atoms with Crippen LogP contribution in [0.3, 0.4) is 0 Å². The van der Waals surface area contributed by atoms with Crippen LogP contribution in [0.15, 0.2) is 42.5 Å². The summed E-state index contributed by atoms with van der Waals surface area (Å²) in [6.07, 6.45) is 3.35. The summed E-state index contributed by atoms with van der Waals surface area (Å²) < 4.78 is 0. The number of nitrogens with zero attached hydrogens (tertiary/aromatic N) is 1. The van der Waals surface area contributed by atoms with Crippen molar-refractivity contribution in [2.45, 2.75) is 33.1 Å². The van der Waals surface area contributed by atoms with Crippen molar-refractivity contribution in [3.63, 3.8) is 0 Å². The van der Waals surface area contributed by atoms with Gasteiger partial charge in [-0.15, -0.1) is 0 Å². The Labute approximate surface area is 163 Å². The minimum absolute atomic E-state index is 0.0286. The smallest absolute Gasteiger partial charge is 0.272 e. The van der Waals surface area contributed by atoms with Crippen LogP contribution in [0.25, 0.3) is 0 Å². The maximum atomic E-state index is 12.1. The Morgan fingerprint density at radius 2 is 1.85 bits per heavy atom. The van der Waals surface area contributed by atoms with Crippen molar-refractivity contribution in [1.82, 2.24) is 10.9 Å². The van der Waals surface area contributed by atoms with Crippen molar-refractivity contribution >= 4 is 34.6 Å². The van der Waals surface area contributed by atoms with Gasteiger partial charge < -0.3 is 5.32 Å². The molecule has 0 aliphatic heterocycles. The zero-order valence-electron chi connectivity index (χ0n) is 15.2. The minimum atomic E-state index is -0.484. The van der Waals surface area contributed by atoms with E-state index in [1.165, 1.54) is 23.8 Å². The van der Waals surface area contributed by atoms with E-state index in [0.717, 1.165) is 24.9 Å². The van der Waals surface area contributed by atoms with Gasteiger partial charge in [-0.25, -0.2) is 0 Å². The molecule has 142 valence electrons. The van der Waals surface area contributed by atoms with E-state index in [-0.39, 0.29) is 10.8 Å². The van der Waals surface area contributed by atoms with Crippen molar-refractivity contribution in [2.24, 2.45) is 0 Å². The first-order valence-electron chi connectivity index (χ1n) is 8.62. The van der Waals surface area contributed by atoms with Crippen LogP contribution in [0.4, 0.5) is 11.4 Å². The zero-order chi connectivity index (χ0) is 19.8. The van der Waals surface area contributed by atoms with Gasteiger partial charge in [-0.2, -0.15) is 0 Å². The van der Waals surface area contributed by atoms with E-state index in [4.69, 9.17) is 12.2 Å². The lowest BCUT2D eigenvalue weighted by Crippen LogP contribution is -2.43. The number of nitro groups is 1. The third-order valence-electron chi connectivity index (χ3n) is 3.98. The first-order chi connectivity index (χ1) is 12.9. The van der Waals surface area contributed by atoms with E-state index in [1.807, 2.05) is 24.3 Å². The second kappa shape index (κ2) is 9.63. The van der Waals surface area contributed by atoms with E-state index in [1.54, 1.807) is 6.92 Å². The second-order valence-corrected chi connectivity index (χ2v) is 6.50. The Balaban J connectivity index is 1.87. The number of hydrogen-bond donors (Lipinski definition) is 3. The summed E-state index contributed by atoms with van der Waals surface area (Å²) in [6.45, 7) is 3.74. The number of nitro benzene ring substituents is 1. The van der Waals surface area contributed by atoms with Gasteiger partial charge in [0.15, 0.2) is 5.11 Å². The number of hydrazine groups is 1. The van der Waals surface area contributed by atoms with E-state index in [0.29, 0.717) is 11.1 Å². The molecule has 2 aromatic carbocycles. The standard InChI is InChI=1S/C19H22N4O3S/c1-3-4-5-14-6-9-16(10-7-14)20-19(27)22-21-18(24)15-8-11-17(23(25)26)13(2)12-15/h6-12H,3-5H2,1-2H3,(H,21,24)(H2,20,22,27). The van der Waals surface area contributed by atoms with Gasteiger partial charge in [0.05, 0.1) is 4.92 Å².